The fourth-order valence-corrected chi connectivity index (χ4v) is 6.11. The lowest BCUT2D eigenvalue weighted by molar-refractivity contribution is -0.132. The van der Waals surface area contributed by atoms with Crippen molar-refractivity contribution in [1.82, 2.24) is 10.2 Å². The zero-order chi connectivity index (χ0) is 27.0. The van der Waals surface area contributed by atoms with Gasteiger partial charge in [-0.3, -0.25) is 14.5 Å². The fourth-order valence-electron chi connectivity index (χ4n) is 3.98. The molecular formula is C27H18Cl2FN3O3S2. The Balaban J connectivity index is 1.55. The predicted octanol–water partition coefficient (Wildman–Crippen LogP) is 7.21. The Labute approximate surface area is 235 Å². The first-order valence-corrected chi connectivity index (χ1v) is 13.8. The Morgan fingerprint density at radius 3 is 2.42 bits per heavy atom. The van der Waals surface area contributed by atoms with Crippen molar-refractivity contribution >= 4 is 68.9 Å². The molecule has 1 N–H and O–H groups in total. The molecule has 4 aromatic rings. The molecule has 1 saturated heterocycles. The number of carbonyl (C=O) groups is 2. The molecule has 0 saturated carbocycles. The van der Waals surface area contributed by atoms with E-state index in [-0.39, 0.29) is 26.3 Å². The molecule has 1 aliphatic rings. The summed E-state index contributed by atoms with van der Waals surface area (Å²) in [7, 11) is 0. The second-order valence-electron chi connectivity index (χ2n) is 8.47. The first kappa shape index (κ1) is 26.4. The summed E-state index contributed by atoms with van der Waals surface area (Å²) in [5, 5.41) is 20.2. The number of aryl methyl sites for hydroxylation is 1. The Morgan fingerprint density at radius 2 is 1.74 bits per heavy atom. The van der Waals surface area contributed by atoms with Gasteiger partial charge in [-0.2, -0.15) is 0 Å². The van der Waals surface area contributed by atoms with Crippen LogP contribution in [0, 0.1) is 12.7 Å². The number of hydrogen-bond acceptors (Lipinski definition) is 7. The summed E-state index contributed by atoms with van der Waals surface area (Å²) in [6.07, 6.45) is 0. The molecule has 0 bridgehead atoms. The smallest absolute Gasteiger partial charge is 0.301 e. The van der Waals surface area contributed by atoms with Gasteiger partial charge in [0.1, 0.15) is 11.6 Å². The zero-order valence-corrected chi connectivity index (χ0v) is 22.8. The molecule has 1 aromatic heterocycles. The van der Waals surface area contributed by atoms with Gasteiger partial charge in [-0.05, 0) is 54.4 Å². The second kappa shape index (κ2) is 10.9. The molecule has 0 spiro atoms. The number of halogens is 3. The van der Waals surface area contributed by atoms with E-state index in [0.717, 1.165) is 34.6 Å². The molecule has 1 atom stereocenters. The monoisotopic (exact) mass is 585 g/mol. The van der Waals surface area contributed by atoms with Crippen molar-refractivity contribution < 1.29 is 19.1 Å². The molecule has 1 unspecified atom stereocenters. The van der Waals surface area contributed by atoms with Crippen LogP contribution in [0.25, 0.3) is 5.76 Å². The average Bonchev–Trinajstić information content (AvgIpc) is 3.47. The summed E-state index contributed by atoms with van der Waals surface area (Å²) in [6, 6.07) is 16.7. The van der Waals surface area contributed by atoms with Crippen LogP contribution in [-0.2, 0) is 15.3 Å². The summed E-state index contributed by atoms with van der Waals surface area (Å²) in [5.74, 6) is -2.09. The molecule has 0 aliphatic carbocycles. The van der Waals surface area contributed by atoms with Crippen molar-refractivity contribution in [2.24, 2.45) is 0 Å². The molecule has 3 aromatic carbocycles. The highest BCUT2D eigenvalue weighted by Gasteiger charge is 2.48. The van der Waals surface area contributed by atoms with Crippen molar-refractivity contribution in [3.05, 3.63) is 110 Å². The maximum atomic E-state index is 13.5. The van der Waals surface area contributed by atoms with Crippen LogP contribution in [0.5, 0.6) is 0 Å². The quantitative estimate of drug-likeness (QED) is 0.0845. The maximum absolute atomic E-state index is 13.5. The molecule has 1 amide bonds. The lowest BCUT2D eigenvalue weighted by Gasteiger charge is -2.22. The predicted molar refractivity (Wildman–Crippen MR) is 148 cm³/mol. The number of carbonyl (C=O) groups excluding carboxylic acids is 2. The van der Waals surface area contributed by atoms with Crippen LogP contribution in [0.4, 0.5) is 9.52 Å². The molecule has 5 rings (SSSR count). The maximum Gasteiger partial charge on any atom is 0.301 e. The third-order valence-electron chi connectivity index (χ3n) is 5.91. The van der Waals surface area contributed by atoms with Gasteiger partial charge in [-0.25, -0.2) is 4.39 Å². The normalized spacial score (nSPS) is 16.8. The number of aliphatic hydroxyl groups is 1. The zero-order valence-electron chi connectivity index (χ0n) is 19.7. The minimum atomic E-state index is -1.06. The minimum absolute atomic E-state index is 0.177. The lowest BCUT2D eigenvalue weighted by atomic mass is 9.95. The van der Waals surface area contributed by atoms with Gasteiger partial charge in [0.05, 0.1) is 21.7 Å². The number of anilines is 1. The van der Waals surface area contributed by atoms with E-state index in [0.29, 0.717) is 15.7 Å². The van der Waals surface area contributed by atoms with E-state index in [1.165, 1.54) is 34.9 Å². The molecule has 1 fully saturated rings. The first-order chi connectivity index (χ1) is 18.2. The van der Waals surface area contributed by atoms with E-state index < -0.39 is 29.3 Å². The number of amides is 1. The summed E-state index contributed by atoms with van der Waals surface area (Å²) in [5.41, 5.74) is 2.71. The number of hydrogen-bond donors (Lipinski definition) is 1. The molecule has 38 heavy (non-hydrogen) atoms. The highest BCUT2D eigenvalue weighted by atomic mass is 35.5. The third-order valence-corrected chi connectivity index (χ3v) is 8.77. The van der Waals surface area contributed by atoms with E-state index >= 15 is 0 Å². The number of benzene rings is 3. The molecule has 192 valence electrons. The lowest BCUT2D eigenvalue weighted by Crippen LogP contribution is -2.29. The van der Waals surface area contributed by atoms with Crippen molar-refractivity contribution in [1.29, 1.82) is 0 Å². The van der Waals surface area contributed by atoms with Crippen molar-refractivity contribution in [3.63, 3.8) is 0 Å². The highest BCUT2D eigenvalue weighted by molar-refractivity contribution is 8.00. The van der Waals surface area contributed by atoms with Crippen LogP contribution in [0.1, 0.15) is 28.3 Å². The van der Waals surface area contributed by atoms with Crippen LogP contribution >= 0.6 is 46.3 Å². The van der Waals surface area contributed by atoms with E-state index in [9.17, 15) is 19.1 Å². The standard InChI is InChI=1S/C27H18Cl2FN3O3S2/c1-14-2-4-15(5-3-14)13-37-27-32-31-26(38-27)33-22(17-8-11-19(28)20(29)12-17)21(24(35)25(33)36)23(34)16-6-9-18(30)10-7-16/h2-12,22,34H,13H2,1H3/b23-21-. The van der Waals surface area contributed by atoms with E-state index in [1.807, 2.05) is 31.2 Å². The Bertz CT molecular complexity index is 1570. The molecule has 1 aliphatic heterocycles. The number of aromatic nitrogens is 2. The van der Waals surface area contributed by atoms with E-state index in [2.05, 4.69) is 10.2 Å². The van der Waals surface area contributed by atoms with Crippen molar-refractivity contribution in [2.75, 3.05) is 4.90 Å². The number of rotatable bonds is 6. The first-order valence-electron chi connectivity index (χ1n) is 11.3. The summed E-state index contributed by atoms with van der Waals surface area (Å²) >= 11 is 15.0. The number of nitrogens with zero attached hydrogens (tertiary/aromatic N) is 3. The van der Waals surface area contributed by atoms with Crippen LogP contribution < -0.4 is 4.90 Å². The van der Waals surface area contributed by atoms with Crippen LogP contribution in [0.15, 0.2) is 76.6 Å². The molecular weight excluding hydrogens is 568 g/mol. The third kappa shape index (κ3) is 5.19. The minimum Gasteiger partial charge on any atom is -0.507 e. The molecule has 11 heteroatoms. The van der Waals surface area contributed by atoms with Gasteiger partial charge < -0.3 is 5.11 Å². The van der Waals surface area contributed by atoms with Gasteiger partial charge in [-0.15, -0.1) is 10.2 Å². The van der Waals surface area contributed by atoms with Crippen LogP contribution in [-0.4, -0.2) is 27.0 Å². The van der Waals surface area contributed by atoms with Crippen LogP contribution in [0.2, 0.25) is 10.0 Å². The second-order valence-corrected chi connectivity index (χ2v) is 11.5. The van der Waals surface area contributed by atoms with E-state index in [1.54, 1.807) is 12.1 Å². The number of Topliss-reactive ketones (excluding diaryl/α,β-unsaturated/α-hetero) is 1. The number of ketones is 1. The topological polar surface area (TPSA) is 83.4 Å². The summed E-state index contributed by atoms with van der Waals surface area (Å²) < 4.78 is 14.1. The molecule has 6 nitrogen and oxygen atoms in total. The SMILES string of the molecule is Cc1ccc(CSc2nnc(N3C(=O)C(=O)/C(=C(\O)c4ccc(F)cc4)C3c3ccc(Cl)c(Cl)c3)s2)cc1. The summed E-state index contributed by atoms with van der Waals surface area (Å²) in [4.78, 5) is 27.8. The largest absolute Gasteiger partial charge is 0.507 e. The number of thioether (sulfide) groups is 1. The number of aliphatic hydroxyl groups excluding tert-OH is 1. The Hall–Kier alpha value is -3.24. The fraction of sp³-hybridized carbons (Fsp3) is 0.111. The van der Waals surface area contributed by atoms with Crippen molar-refractivity contribution in [2.45, 2.75) is 23.1 Å². The van der Waals surface area contributed by atoms with E-state index in [4.69, 9.17) is 23.2 Å². The highest BCUT2D eigenvalue weighted by Crippen LogP contribution is 2.45. The summed E-state index contributed by atoms with van der Waals surface area (Å²) in [6.45, 7) is 2.02. The van der Waals surface area contributed by atoms with Gasteiger partial charge in [0.25, 0.3) is 5.78 Å². The molecule has 0 radical (unpaired) electrons. The Kier molecular flexibility index (Phi) is 7.54. The Morgan fingerprint density at radius 1 is 1.03 bits per heavy atom. The van der Waals surface area contributed by atoms with Gasteiger partial charge in [0.2, 0.25) is 5.13 Å². The van der Waals surface area contributed by atoms with Gasteiger partial charge in [-0.1, -0.05) is 82.2 Å². The average molecular weight is 586 g/mol. The van der Waals surface area contributed by atoms with Gasteiger partial charge >= 0.3 is 5.91 Å². The molecule has 2 heterocycles. The van der Waals surface area contributed by atoms with Gasteiger partial charge in [0, 0.05) is 11.3 Å². The van der Waals surface area contributed by atoms with Gasteiger partial charge in [0.15, 0.2) is 4.34 Å². The van der Waals surface area contributed by atoms with Crippen molar-refractivity contribution in [3.8, 4) is 0 Å². The van der Waals surface area contributed by atoms with Crippen LogP contribution in [0.3, 0.4) is 0 Å².